The monoisotopic (exact) mass is 438 g/mol. The van der Waals surface area contributed by atoms with Gasteiger partial charge in [0, 0.05) is 23.1 Å². The number of nitrogens with one attached hydrogen (secondary N) is 1. The first-order valence-electron chi connectivity index (χ1n) is 10.9. The number of benzene rings is 3. The summed E-state index contributed by atoms with van der Waals surface area (Å²) in [6.45, 7) is 1.82. The molecule has 1 aliphatic carbocycles. The largest absolute Gasteiger partial charge is 0.453 e. The Bertz CT molecular complexity index is 1390. The van der Waals surface area contributed by atoms with Crippen molar-refractivity contribution in [3.8, 4) is 5.75 Å². The quantitative estimate of drug-likeness (QED) is 0.262. The van der Waals surface area contributed by atoms with E-state index in [4.69, 9.17) is 9.15 Å². The van der Waals surface area contributed by atoms with Crippen molar-refractivity contribution in [3.05, 3.63) is 101 Å². The molecule has 0 radical (unpaired) electrons. The molecular formula is C27H22N2O4. The van der Waals surface area contributed by atoms with E-state index < -0.39 is 5.97 Å². The highest BCUT2D eigenvalue weighted by atomic mass is 16.5. The Kier molecular flexibility index (Phi) is 5.48. The molecule has 0 aliphatic heterocycles. The maximum absolute atomic E-state index is 12.9. The zero-order chi connectivity index (χ0) is 22.8. The van der Waals surface area contributed by atoms with Crippen LogP contribution in [-0.2, 0) is 6.42 Å². The van der Waals surface area contributed by atoms with Crippen molar-refractivity contribution in [2.75, 3.05) is 0 Å². The maximum Gasteiger partial charge on any atom is 0.379 e. The van der Waals surface area contributed by atoms with Crippen LogP contribution >= 0.6 is 0 Å². The fourth-order valence-electron chi connectivity index (χ4n) is 4.13. The Hall–Kier alpha value is -4.19. The van der Waals surface area contributed by atoms with Gasteiger partial charge in [0.05, 0.1) is 5.71 Å². The highest BCUT2D eigenvalue weighted by molar-refractivity contribution is 6.06. The molecule has 0 atom stereocenters. The van der Waals surface area contributed by atoms with Gasteiger partial charge in [0.2, 0.25) is 5.76 Å². The number of amides is 1. The Labute approximate surface area is 190 Å². The second kappa shape index (κ2) is 8.74. The molecule has 0 saturated heterocycles. The van der Waals surface area contributed by atoms with E-state index in [-0.39, 0.29) is 11.7 Å². The number of hydrogen-bond acceptors (Lipinski definition) is 5. The lowest BCUT2D eigenvalue weighted by Crippen LogP contribution is -2.22. The molecule has 164 valence electrons. The number of ether oxygens (including phenoxy) is 1. The summed E-state index contributed by atoms with van der Waals surface area (Å²) >= 11 is 0. The summed E-state index contributed by atoms with van der Waals surface area (Å²) < 4.78 is 11.5. The molecular weight excluding hydrogens is 416 g/mol. The number of aryl methyl sites for hydroxylation is 1. The van der Waals surface area contributed by atoms with Crippen molar-refractivity contribution in [2.24, 2.45) is 5.10 Å². The molecule has 0 saturated carbocycles. The predicted octanol–water partition coefficient (Wildman–Crippen LogP) is 5.43. The molecule has 4 aromatic rings. The fourth-order valence-corrected chi connectivity index (χ4v) is 4.13. The van der Waals surface area contributed by atoms with Gasteiger partial charge in [0.15, 0.2) is 0 Å². The first-order chi connectivity index (χ1) is 16.1. The van der Waals surface area contributed by atoms with Crippen LogP contribution in [0, 0.1) is 6.92 Å². The Morgan fingerprint density at radius 3 is 2.52 bits per heavy atom. The summed E-state index contributed by atoms with van der Waals surface area (Å²) in [6.07, 6.45) is 2.20. The van der Waals surface area contributed by atoms with E-state index in [1.807, 2.05) is 49.4 Å². The van der Waals surface area contributed by atoms with Crippen LogP contribution in [0.3, 0.4) is 0 Å². The zero-order valence-corrected chi connectivity index (χ0v) is 18.1. The van der Waals surface area contributed by atoms with E-state index in [1.165, 1.54) is 0 Å². The van der Waals surface area contributed by atoms with Gasteiger partial charge in [-0.25, -0.2) is 10.2 Å². The molecule has 1 amide bonds. The SMILES string of the molecule is Cc1c(C(=O)Oc2ccc3ccccc3c2)oc2c1/C(=N/NC(=O)c1ccccc1)CCC2. The van der Waals surface area contributed by atoms with Crippen LogP contribution < -0.4 is 10.2 Å². The van der Waals surface area contributed by atoms with Crippen LogP contribution in [-0.4, -0.2) is 17.6 Å². The molecule has 1 aromatic heterocycles. The smallest absolute Gasteiger partial charge is 0.379 e. The van der Waals surface area contributed by atoms with Crippen LogP contribution in [0.4, 0.5) is 0 Å². The molecule has 6 nitrogen and oxygen atoms in total. The van der Waals surface area contributed by atoms with Crippen LogP contribution in [0.25, 0.3) is 10.8 Å². The van der Waals surface area contributed by atoms with Crippen LogP contribution in [0.5, 0.6) is 5.75 Å². The minimum Gasteiger partial charge on any atom is -0.453 e. The Morgan fingerprint density at radius 1 is 0.939 bits per heavy atom. The molecule has 1 aliphatic rings. The first kappa shape index (κ1) is 20.7. The normalized spacial score (nSPS) is 14.2. The Morgan fingerprint density at radius 2 is 1.70 bits per heavy atom. The molecule has 1 N–H and O–H groups in total. The molecule has 6 heteroatoms. The maximum atomic E-state index is 12.9. The number of hydrogen-bond donors (Lipinski definition) is 1. The zero-order valence-electron chi connectivity index (χ0n) is 18.1. The number of hydrazone groups is 1. The molecule has 0 fully saturated rings. The van der Waals surface area contributed by atoms with Gasteiger partial charge in [-0.3, -0.25) is 4.79 Å². The number of furan rings is 1. The highest BCUT2D eigenvalue weighted by Crippen LogP contribution is 2.31. The minimum absolute atomic E-state index is 0.164. The summed E-state index contributed by atoms with van der Waals surface area (Å²) in [7, 11) is 0. The van der Waals surface area contributed by atoms with Crippen LogP contribution in [0.15, 0.2) is 82.3 Å². The van der Waals surface area contributed by atoms with Crippen molar-refractivity contribution in [3.63, 3.8) is 0 Å². The van der Waals surface area contributed by atoms with E-state index in [0.717, 1.165) is 22.8 Å². The number of rotatable bonds is 4. The summed E-state index contributed by atoms with van der Waals surface area (Å²) in [5.41, 5.74) is 5.30. The molecule has 0 unspecified atom stereocenters. The molecule has 0 spiro atoms. The summed E-state index contributed by atoms with van der Waals surface area (Å²) in [5.74, 6) is 0.475. The van der Waals surface area contributed by atoms with Gasteiger partial charge in [-0.2, -0.15) is 5.10 Å². The van der Waals surface area contributed by atoms with Gasteiger partial charge in [-0.15, -0.1) is 0 Å². The summed E-state index contributed by atoms with van der Waals surface area (Å²) in [4.78, 5) is 25.3. The first-order valence-corrected chi connectivity index (χ1v) is 10.9. The van der Waals surface area contributed by atoms with Gasteiger partial charge < -0.3 is 9.15 Å². The third-order valence-electron chi connectivity index (χ3n) is 5.77. The number of fused-ring (bicyclic) bond motifs is 2. The lowest BCUT2D eigenvalue weighted by molar-refractivity contribution is 0.0698. The second-order valence-electron chi connectivity index (χ2n) is 7.97. The molecule has 0 bridgehead atoms. The lowest BCUT2D eigenvalue weighted by Gasteiger charge is -2.13. The minimum atomic E-state index is -0.551. The summed E-state index contributed by atoms with van der Waals surface area (Å²) in [6, 6.07) is 22.3. The van der Waals surface area contributed by atoms with Crippen molar-refractivity contribution in [1.29, 1.82) is 0 Å². The standard InChI is InChI=1S/C27H22N2O4/c1-17-24-22(28-29-26(30)19-9-3-2-4-10-19)12-7-13-23(24)33-25(17)27(31)32-21-15-14-18-8-5-6-11-20(18)16-21/h2-6,8-11,14-16H,7,12-13H2,1H3,(H,29,30)/b28-22+. The molecule has 3 aromatic carbocycles. The van der Waals surface area contributed by atoms with Crippen molar-refractivity contribution < 1.29 is 18.7 Å². The van der Waals surface area contributed by atoms with E-state index in [2.05, 4.69) is 10.5 Å². The fraction of sp³-hybridized carbons (Fsp3) is 0.148. The topological polar surface area (TPSA) is 80.9 Å². The average molecular weight is 438 g/mol. The second-order valence-corrected chi connectivity index (χ2v) is 7.97. The molecule has 5 rings (SSSR count). The average Bonchev–Trinajstić information content (AvgIpc) is 3.20. The van der Waals surface area contributed by atoms with Crippen molar-refractivity contribution >= 4 is 28.4 Å². The van der Waals surface area contributed by atoms with E-state index in [1.54, 1.807) is 30.3 Å². The molecule has 33 heavy (non-hydrogen) atoms. The van der Waals surface area contributed by atoms with E-state index >= 15 is 0 Å². The lowest BCUT2D eigenvalue weighted by atomic mass is 9.93. The van der Waals surface area contributed by atoms with Crippen molar-refractivity contribution in [2.45, 2.75) is 26.2 Å². The number of nitrogens with zero attached hydrogens (tertiary/aromatic N) is 1. The van der Waals surface area contributed by atoms with Crippen LogP contribution in [0.2, 0.25) is 0 Å². The van der Waals surface area contributed by atoms with E-state index in [0.29, 0.717) is 41.2 Å². The number of carbonyl (C=O) groups is 2. The highest BCUT2D eigenvalue weighted by Gasteiger charge is 2.29. The number of carbonyl (C=O) groups excluding carboxylic acids is 2. The van der Waals surface area contributed by atoms with Gasteiger partial charge >= 0.3 is 5.97 Å². The van der Waals surface area contributed by atoms with E-state index in [9.17, 15) is 9.59 Å². The van der Waals surface area contributed by atoms with Gasteiger partial charge in [0.25, 0.3) is 5.91 Å². The van der Waals surface area contributed by atoms with Gasteiger partial charge in [-0.05, 0) is 54.8 Å². The molecule has 1 heterocycles. The van der Waals surface area contributed by atoms with Gasteiger partial charge in [0.1, 0.15) is 11.5 Å². The number of esters is 1. The van der Waals surface area contributed by atoms with Crippen LogP contribution in [0.1, 0.15) is 50.6 Å². The van der Waals surface area contributed by atoms with Crippen molar-refractivity contribution in [1.82, 2.24) is 5.43 Å². The third-order valence-corrected chi connectivity index (χ3v) is 5.77. The predicted molar refractivity (Wildman–Crippen MR) is 126 cm³/mol. The van der Waals surface area contributed by atoms with Gasteiger partial charge in [-0.1, -0.05) is 48.5 Å². The summed E-state index contributed by atoms with van der Waals surface area (Å²) in [5, 5.41) is 6.42. The third kappa shape index (κ3) is 4.15. The Balaban J connectivity index is 1.38.